The summed E-state index contributed by atoms with van der Waals surface area (Å²) in [6, 6.07) is 13.5. The van der Waals surface area contributed by atoms with E-state index >= 15 is 0 Å². The Kier molecular flexibility index (Phi) is 3.62. The first-order valence-electron chi connectivity index (χ1n) is 6.59. The van der Waals surface area contributed by atoms with Gasteiger partial charge >= 0.3 is 0 Å². The first-order chi connectivity index (χ1) is 10.1. The van der Waals surface area contributed by atoms with E-state index in [-0.39, 0.29) is 5.82 Å². The van der Waals surface area contributed by atoms with E-state index in [1.54, 1.807) is 25.1 Å². The molecule has 2 aromatic carbocycles. The monoisotopic (exact) mass is 301 g/mol. The van der Waals surface area contributed by atoms with Crippen molar-refractivity contribution in [2.24, 2.45) is 0 Å². The van der Waals surface area contributed by atoms with Crippen LogP contribution in [-0.4, -0.2) is 10.1 Å². The smallest absolute Gasteiger partial charge is 0.123 e. The lowest BCUT2D eigenvalue weighted by atomic mass is 10.00. The number of aliphatic hydroxyl groups is 1. The fraction of sp³-hybridized carbons (Fsp3) is 0.118. The maximum atomic E-state index is 13.5. The van der Waals surface area contributed by atoms with Crippen molar-refractivity contribution in [3.05, 3.63) is 64.9 Å². The molecule has 2 nitrogen and oxygen atoms in total. The molecule has 0 aliphatic heterocycles. The molecule has 1 atom stereocenters. The normalized spacial score (nSPS) is 12.6. The number of rotatable bonds is 2. The summed E-state index contributed by atoms with van der Waals surface area (Å²) < 4.78 is 13.5. The number of para-hydroxylation sites is 1. The summed E-state index contributed by atoms with van der Waals surface area (Å²) in [5, 5.41) is 11.4. The fourth-order valence-corrected chi connectivity index (χ4v) is 2.59. The van der Waals surface area contributed by atoms with Crippen LogP contribution >= 0.6 is 11.6 Å². The molecule has 0 aliphatic carbocycles. The summed E-state index contributed by atoms with van der Waals surface area (Å²) in [7, 11) is 0. The molecule has 1 unspecified atom stereocenters. The molecule has 0 saturated heterocycles. The number of hydrogen-bond acceptors (Lipinski definition) is 2. The Morgan fingerprint density at radius 1 is 1.14 bits per heavy atom. The number of pyridine rings is 1. The second-order valence-electron chi connectivity index (χ2n) is 4.92. The van der Waals surface area contributed by atoms with Crippen LogP contribution in [-0.2, 0) is 0 Å². The molecule has 0 radical (unpaired) electrons. The Morgan fingerprint density at radius 2 is 1.90 bits per heavy atom. The molecular weight excluding hydrogens is 289 g/mol. The van der Waals surface area contributed by atoms with E-state index in [1.807, 2.05) is 18.2 Å². The average molecular weight is 302 g/mol. The highest BCUT2D eigenvalue weighted by Gasteiger charge is 2.14. The van der Waals surface area contributed by atoms with Crippen LogP contribution in [0.5, 0.6) is 0 Å². The third-order valence-electron chi connectivity index (χ3n) is 3.37. The molecule has 0 bridgehead atoms. The molecule has 0 saturated carbocycles. The minimum Gasteiger partial charge on any atom is -0.389 e. The largest absolute Gasteiger partial charge is 0.389 e. The molecule has 4 heteroatoms. The van der Waals surface area contributed by atoms with Crippen LogP contribution < -0.4 is 0 Å². The summed E-state index contributed by atoms with van der Waals surface area (Å²) in [6.45, 7) is 1.66. The van der Waals surface area contributed by atoms with Crippen molar-refractivity contribution in [1.82, 2.24) is 4.98 Å². The molecule has 1 N–H and O–H groups in total. The highest BCUT2D eigenvalue weighted by atomic mass is 35.5. The number of fused-ring (bicyclic) bond motifs is 1. The highest BCUT2D eigenvalue weighted by molar-refractivity contribution is 6.35. The van der Waals surface area contributed by atoms with Crippen molar-refractivity contribution in [2.75, 3.05) is 0 Å². The third kappa shape index (κ3) is 2.62. The van der Waals surface area contributed by atoms with Gasteiger partial charge in [-0.05, 0) is 31.2 Å². The molecule has 1 aromatic heterocycles. The van der Waals surface area contributed by atoms with Gasteiger partial charge in [0, 0.05) is 16.5 Å². The lowest BCUT2D eigenvalue weighted by molar-refractivity contribution is 0.199. The van der Waals surface area contributed by atoms with Crippen molar-refractivity contribution in [1.29, 1.82) is 0 Å². The molecule has 0 spiro atoms. The number of halogens is 2. The van der Waals surface area contributed by atoms with Gasteiger partial charge in [0.15, 0.2) is 0 Å². The van der Waals surface area contributed by atoms with E-state index in [9.17, 15) is 9.50 Å². The third-order valence-corrected chi connectivity index (χ3v) is 3.68. The lowest BCUT2D eigenvalue weighted by Gasteiger charge is -2.14. The van der Waals surface area contributed by atoms with Crippen LogP contribution in [0, 0.1) is 5.82 Å². The summed E-state index contributed by atoms with van der Waals surface area (Å²) in [5.74, 6) is -0.343. The number of hydrogen-bond donors (Lipinski definition) is 1. The Labute approximate surface area is 126 Å². The Hall–Kier alpha value is -1.97. The van der Waals surface area contributed by atoms with Gasteiger partial charge in [-0.1, -0.05) is 35.9 Å². The predicted octanol–water partition coefficient (Wildman–Crippen LogP) is 4.75. The first kappa shape index (κ1) is 14.0. The lowest BCUT2D eigenvalue weighted by Crippen LogP contribution is -1.99. The molecular formula is C17H13ClFNO. The fourth-order valence-electron chi connectivity index (χ4n) is 2.36. The van der Waals surface area contributed by atoms with E-state index < -0.39 is 6.10 Å². The van der Waals surface area contributed by atoms with Crippen LogP contribution in [0.25, 0.3) is 22.2 Å². The summed E-state index contributed by atoms with van der Waals surface area (Å²) in [6.07, 6.45) is -0.709. The molecule has 1 heterocycles. The second kappa shape index (κ2) is 5.43. The van der Waals surface area contributed by atoms with Gasteiger partial charge in [0.1, 0.15) is 5.82 Å². The van der Waals surface area contributed by atoms with Crippen LogP contribution in [0.15, 0.2) is 48.5 Å². The standard InChI is InChI=1S/C17H13ClFNO/c1-10(21)14-9-12-5-3-7-15(18)17(12)20-16(14)11-4-2-6-13(19)8-11/h2-10,21H,1H3. The molecule has 3 rings (SSSR count). The molecule has 21 heavy (non-hydrogen) atoms. The van der Waals surface area contributed by atoms with E-state index in [4.69, 9.17) is 11.6 Å². The maximum absolute atomic E-state index is 13.5. The van der Waals surface area contributed by atoms with Gasteiger partial charge in [0.25, 0.3) is 0 Å². The number of benzene rings is 2. The second-order valence-corrected chi connectivity index (χ2v) is 5.33. The van der Waals surface area contributed by atoms with Crippen LogP contribution in [0.2, 0.25) is 5.02 Å². The Morgan fingerprint density at radius 3 is 2.62 bits per heavy atom. The van der Waals surface area contributed by atoms with E-state index in [1.165, 1.54) is 12.1 Å². The van der Waals surface area contributed by atoms with Crippen LogP contribution in [0.4, 0.5) is 4.39 Å². The highest BCUT2D eigenvalue weighted by Crippen LogP contribution is 2.32. The molecule has 106 valence electrons. The topological polar surface area (TPSA) is 33.1 Å². The Bertz CT molecular complexity index is 817. The van der Waals surface area contributed by atoms with Gasteiger partial charge in [0.05, 0.1) is 22.3 Å². The zero-order valence-electron chi connectivity index (χ0n) is 11.3. The number of aliphatic hydroxyl groups excluding tert-OH is 1. The van der Waals surface area contributed by atoms with E-state index in [0.29, 0.717) is 27.4 Å². The van der Waals surface area contributed by atoms with Crippen LogP contribution in [0.1, 0.15) is 18.6 Å². The van der Waals surface area contributed by atoms with Crippen molar-refractivity contribution in [3.8, 4) is 11.3 Å². The summed E-state index contributed by atoms with van der Waals surface area (Å²) in [5.41, 5.74) is 2.45. The van der Waals surface area contributed by atoms with E-state index in [2.05, 4.69) is 4.98 Å². The van der Waals surface area contributed by atoms with Gasteiger partial charge in [-0.2, -0.15) is 0 Å². The first-order valence-corrected chi connectivity index (χ1v) is 6.97. The van der Waals surface area contributed by atoms with Gasteiger partial charge in [-0.3, -0.25) is 0 Å². The molecule has 3 aromatic rings. The van der Waals surface area contributed by atoms with Gasteiger partial charge in [-0.25, -0.2) is 9.37 Å². The average Bonchev–Trinajstić information content (AvgIpc) is 2.46. The van der Waals surface area contributed by atoms with Gasteiger partial charge in [-0.15, -0.1) is 0 Å². The predicted molar refractivity (Wildman–Crippen MR) is 82.8 cm³/mol. The zero-order valence-corrected chi connectivity index (χ0v) is 12.1. The number of aromatic nitrogens is 1. The van der Waals surface area contributed by atoms with Crippen molar-refractivity contribution >= 4 is 22.5 Å². The molecule has 0 aliphatic rings. The SMILES string of the molecule is CC(O)c1cc2cccc(Cl)c2nc1-c1cccc(F)c1. The zero-order chi connectivity index (χ0) is 15.0. The van der Waals surface area contributed by atoms with E-state index in [0.717, 1.165) is 5.39 Å². The molecule has 0 fully saturated rings. The minimum atomic E-state index is -0.709. The number of nitrogens with zero attached hydrogens (tertiary/aromatic N) is 1. The minimum absolute atomic E-state index is 0.343. The molecule has 0 amide bonds. The maximum Gasteiger partial charge on any atom is 0.123 e. The Balaban J connectivity index is 2.34. The van der Waals surface area contributed by atoms with Gasteiger partial charge < -0.3 is 5.11 Å². The van der Waals surface area contributed by atoms with Crippen LogP contribution in [0.3, 0.4) is 0 Å². The summed E-state index contributed by atoms with van der Waals surface area (Å²) in [4.78, 5) is 4.55. The van der Waals surface area contributed by atoms with Gasteiger partial charge in [0.2, 0.25) is 0 Å². The van der Waals surface area contributed by atoms with Crippen molar-refractivity contribution < 1.29 is 9.50 Å². The quantitative estimate of drug-likeness (QED) is 0.741. The van der Waals surface area contributed by atoms with Crippen molar-refractivity contribution in [2.45, 2.75) is 13.0 Å². The summed E-state index contributed by atoms with van der Waals surface area (Å²) >= 11 is 6.18. The van der Waals surface area contributed by atoms with Crippen molar-refractivity contribution in [3.63, 3.8) is 0 Å².